The normalized spacial score (nSPS) is 11.3. The van der Waals surface area contributed by atoms with E-state index in [1.54, 1.807) is 36.4 Å². The summed E-state index contributed by atoms with van der Waals surface area (Å²) in [5.41, 5.74) is 1.00. The third-order valence-electron chi connectivity index (χ3n) is 6.14. The van der Waals surface area contributed by atoms with E-state index in [-0.39, 0.29) is 23.7 Å². The number of carbonyl (C=O) groups is 2. The fraction of sp³-hybridized carbons (Fsp3) is 0.143. The molecule has 6 heteroatoms. The van der Waals surface area contributed by atoms with Gasteiger partial charge >= 0.3 is 11.9 Å². The lowest BCUT2D eigenvalue weighted by Crippen LogP contribution is -2.11. The SMILES string of the molecule is CC(C)COC(=O)c1ccc2c3ccc(C#N)c4c(C(=O)O)ccc(c5ccc(C#N)c1c52)c43. The van der Waals surface area contributed by atoms with Crippen molar-refractivity contribution < 1.29 is 19.4 Å². The second-order valence-corrected chi connectivity index (χ2v) is 8.66. The van der Waals surface area contributed by atoms with E-state index in [9.17, 15) is 25.2 Å². The average molecular weight is 446 g/mol. The van der Waals surface area contributed by atoms with Crippen molar-refractivity contribution in [2.75, 3.05) is 6.61 Å². The number of hydrogen-bond donors (Lipinski definition) is 1. The Kier molecular flexibility index (Phi) is 4.81. The lowest BCUT2D eigenvalue weighted by atomic mass is 9.84. The largest absolute Gasteiger partial charge is 0.478 e. The van der Waals surface area contributed by atoms with Crippen molar-refractivity contribution in [3.8, 4) is 12.1 Å². The number of carboxylic acid groups (broad SMARTS) is 1. The Morgan fingerprint density at radius 3 is 1.65 bits per heavy atom. The maximum absolute atomic E-state index is 13.0. The van der Waals surface area contributed by atoms with Gasteiger partial charge in [0.1, 0.15) is 0 Å². The van der Waals surface area contributed by atoms with Gasteiger partial charge < -0.3 is 9.84 Å². The number of fused-ring (bicyclic) bond motifs is 2. The number of nitrogens with zero attached hydrogens (tertiary/aromatic N) is 2. The van der Waals surface area contributed by atoms with Crippen molar-refractivity contribution in [2.45, 2.75) is 13.8 Å². The number of rotatable bonds is 4. The summed E-state index contributed by atoms with van der Waals surface area (Å²) in [4.78, 5) is 24.9. The highest BCUT2D eigenvalue weighted by Crippen LogP contribution is 2.43. The number of nitriles is 2. The lowest BCUT2D eigenvalue weighted by Gasteiger charge is -2.18. The van der Waals surface area contributed by atoms with Crippen LogP contribution in [0.4, 0.5) is 0 Å². The Morgan fingerprint density at radius 1 is 0.765 bits per heavy atom. The van der Waals surface area contributed by atoms with Gasteiger partial charge in [0, 0.05) is 10.8 Å². The van der Waals surface area contributed by atoms with Gasteiger partial charge in [-0.15, -0.1) is 0 Å². The summed E-state index contributed by atoms with van der Waals surface area (Å²) in [6, 6.07) is 17.9. The van der Waals surface area contributed by atoms with E-state index in [0.29, 0.717) is 27.3 Å². The van der Waals surface area contributed by atoms with Gasteiger partial charge in [-0.2, -0.15) is 10.5 Å². The van der Waals surface area contributed by atoms with Gasteiger partial charge in [-0.05, 0) is 62.5 Å². The van der Waals surface area contributed by atoms with Gasteiger partial charge in [-0.1, -0.05) is 38.1 Å². The van der Waals surface area contributed by atoms with Crippen molar-refractivity contribution >= 4 is 55.0 Å². The first-order chi connectivity index (χ1) is 16.4. The van der Waals surface area contributed by atoms with E-state index < -0.39 is 11.9 Å². The first-order valence-corrected chi connectivity index (χ1v) is 10.8. The first kappa shape index (κ1) is 21.2. The molecule has 0 amide bonds. The standard InChI is InChI=1S/C28H18N2O4/c1-14(2)13-34-28(33)22-10-8-20-17-5-3-15(11-29)23-21(27(31)32)9-7-19(25(17)23)18-6-4-16(12-30)24(22)26(18)20/h3-10,14H,13H2,1-2H3,(H,31,32). The molecule has 0 aliphatic rings. The maximum atomic E-state index is 13.0. The molecule has 0 aromatic heterocycles. The van der Waals surface area contributed by atoms with Gasteiger partial charge in [0.15, 0.2) is 0 Å². The zero-order chi connectivity index (χ0) is 24.1. The van der Waals surface area contributed by atoms with Gasteiger partial charge in [0.05, 0.1) is 41.0 Å². The van der Waals surface area contributed by atoms with Gasteiger partial charge in [0.25, 0.3) is 0 Å². The molecule has 0 saturated carbocycles. The Bertz CT molecular complexity index is 1730. The molecule has 0 spiro atoms. The number of ether oxygens (including phenoxy) is 1. The molecule has 0 aliphatic carbocycles. The molecule has 34 heavy (non-hydrogen) atoms. The van der Waals surface area contributed by atoms with E-state index in [1.165, 1.54) is 6.07 Å². The molecule has 0 aliphatic heterocycles. The molecule has 5 aromatic rings. The molecule has 5 rings (SSSR count). The number of benzene rings is 5. The van der Waals surface area contributed by atoms with Crippen LogP contribution in [-0.4, -0.2) is 23.7 Å². The van der Waals surface area contributed by atoms with Gasteiger partial charge in [0.2, 0.25) is 0 Å². The Labute approximate surface area is 194 Å². The van der Waals surface area contributed by atoms with Crippen LogP contribution in [0, 0.1) is 28.6 Å². The van der Waals surface area contributed by atoms with E-state index in [4.69, 9.17) is 4.74 Å². The van der Waals surface area contributed by atoms with Crippen LogP contribution in [0.1, 0.15) is 45.7 Å². The molecule has 6 nitrogen and oxygen atoms in total. The predicted molar refractivity (Wildman–Crippen MR) is 129 cm³/mol. The molecule has 0 atom stereocenters. The number of carboxylic acids is 1. The Morgan fingerprint density at radius 2 is 1.21 bits per heavy atom. The van der Waals surface area contributed by atoms with Crippen LogP contribution in [-0.2, 0) is 4.74 Å². The van der Waals surface area contributed by atoms with Crippen LogP contribution >= 0.6 is 0 Å². The Balaban J connectivity index is 1.99. The van der Waals surface area contributed by atoms with Crippen LogP contribution in [0.2, 0.25) is 0 Å². The molecule has 0 bridgehead atoms. The summed E-state index contributed by atoms with van der Waals surface area (Å²) in [6.07, 6.45) is 0. The third-order valence-corrected chi connectivity index (χ3v) is 6.14. The summed E-state index contributed by atoms with van der Waals surface area (Å²) in [5, 5.41) is 34.7. The summed E-state index contributed by atoms with van der Waals surface area (Å²) in [7, 11) is 0. The summed E-state index contributed by atoms with van der Waals surface area (Å²) < 4.78 is 5.48. The van der Waals surface area contributed by atoms with E-state index in [2.05, 4.69) is 12.1 Å². The van der Waals surface area contributed by atoms with Crippen LogP contribution in [0.5, 0.6) is 0 Å². The maximum Gasteiger partial charge on any atom is 0.338 e. The smallest absolute Gasteiger partial charge is 0.338 e. The van der Waals surface area contributed by atoms with E-state index in [0.717, 1.165) is 26.9 Å². The molecule has 0 saturated heterocycles. The zero-order valence-corrected chi connectivity index (χ0v) is 18.5. The molecule has 0 unspecified atom stereocenters. The Hall–Kier alpha value is -4.68. The van der Waals surface area contributed by atoms with Crippen LogP contribution < -0.4 is 0 Å². The van der Waals surface area contributed by atoms with E-state index in [1.807, 2.05) is 19.9 Å². The highest BCUT2D eigenvalue weighted by Gasteiger charge is 2.23. The van der Waals surface area contributed by atoms with Crippen LogP contribution in [0.25, 0.3) is 43.1 Å². The van der Waals surface area contributed by atoms with Crippen LogP contribution in [0.15, 0.2) is 48.5 Å². The number of carbonyl (C=O) groups excluding carboxylic acids is 1. The van der Waals surface area contributed by atoms with E-state index >= 15 is 0 Å². The van der Waals surface area contributed by atoms with Crippen molar-refractivity contribution in [3.05, 3.63) is 70.8 Å². The summed E-state index contributed by atoms with van der Waals surface area (Å²) in [6.45, 7) is 4.16. The topological polar surface area (TPSA) is 111 Å². The van der Waals surface area contributed by atoms with Gasteiger partial charge in [-0.25, -0.2) is 9.59 Å². The van der Waals surface area contributed by atoms with Crippen LogP contribution in [0.3, 0.4) is 0 Å². The predicted octanol–water partition coefficient (Wildman–Crippen LogP) is 5.99. The molecule has 164 valence electrons. The zero-order valence-electron chi connectivity index (χ0n) is 18.5. The first-order valence-electron chi connectivity index (χ1n) is 10.8. The molecule has 0 heterocycles. The molecule has 0 fully saturated rings. The highest BCUT2D eigenvalue weighted by atomic mass is 16.5. The quantitative estimate of drug-likeness (QED) is 0.206. The fourth-order valence-electron chi connectivity index (χ4n) is 4.74. The average Bonchev–Trinajstić information content (AvgIpc) is 2.84. The van der Waals surface area contributed by atoms with Gasteiger partial charge in [-0.3, -0.25) is 0 Å². The second-order valence-electron chi connectivity index (χ2n) is 8.66. The second kappa shape index (κ2) is 7.72. The number of aromatic carboxylic acids is 1. The monoisotopic (exact) mass is 446 g/mol. The minimum absolute atomic E-state index is 0.0550. The van der Waals surface area contributed by atoms with Crippen molar-refractivity contribution in [3.63, 3.8) is 0 Å². The fourth-order valence-corrected chi connectivity index (χ4v) is 4.74. The molecular formula is C28H18N2O4. The summed E-state index contributed by atoms with van der Waals surface area (Å²) >= 11 is 0. The number of esters is 1. The van der Waals surface area contributed by atoms with Crippen molar-refractivity contribution in [1.82, 2.24) is 0 Å². The third kappa shape index (κ3) is 2.93. The molecule has 0 radical (unpaired) electrons. The van der Waals surface area contributed by atoms with Crippen molar-refractivity contribution in [1.29, 1.82) is 10.5 Å². The minimum atomic E-state index is -1.11. The lowest BCUT2D eigenvalue weighted by molar-refractivity contribution is 0.0461. The minimum Gasteiger partial charge on any atom is -0.478 e. The number of hydrogen-bond acceptors (Lipinski definition) is 5. The summed E-state index contributed by atoms with van der Waals surface area (Å²) in [5.74, 6) is -1.44. The molecular weight excluding hydrogens is 428 g/mol. The molecule has 5 aromatic carbocycles. The molecule has 1 N–H and O–H groups in total. The van der Waals surface area contributed by atoms with Crippen molar-refractivity contribution in [2.24, 2.45) is 5.92 Å². The highest BCUT2D eigenvalue weighted by molar-refractivity contribution is 6.36.